The van der Waals surface area contributed by atoms with E-state index in [9.17, 15) is 10.1 Å². The number of hydrogen-bond acceptors (Lipinski definition) is 5. The molecule has 0 aliphatic rings. The minimum Gasteiger partial charge on any atom is -0.462 e. The quantitative estimate of drug-likeness (QED) is 0.674. The number of rotatable bonds is 3. The molecule has 0 amide bonds. The lowest BCUT2D eigenvalue weighted by Gasteiger charge is -2.03. The van der Waals surface area contributed by atoms with Gasteiger partial charge in [0.2, 0.25) is 0 Å². The fraction of sp³-hybridized carbons (Fsp3) is 0.167. The Morgan fingerprint density at radius 1 is 1.35 bits per heavy atom. The smallest absolute Gasteiger partial charge is 0.350 e. The van der Waals surface area contributed by atoms with Gasteiger partial charge < -0.3 is 4.74 Å². The number of hydrogen-bond donors (Lipinski definition) is 0. The van der Waals surface area contributed by atoms with Crippen molar-refractivity contribution in [2.24, 2.45) is 0 Å². The maximum absolute atomic E-state index is 11.9. The number of ether oxygens (including phenoxy) is 1. The van der Waals surface area contributed by atoms with Crippen LogP contribution >= 0.6 is 11.3 Å². The zero-order chi connectivity index (χ0) is 16.4. The summed E-state index contributed by atoms with van der Waals surface area (Å²) in [6.45, 7) is 3.90. The van der Waals surface area contributed by atoms with E-state index in [-0.39, 0.29) is 5.97 Å². The van der Waals surface area contributed by atoms with Crippen LogP contribution in [0, 0.1) is 18.3 Å². The van der Waals surface area contributed by atoms with E-state index in [0.29, 0.717) is 27.7 Å². The first kappa shape index (κ1) is 15.2. The third-order valence-corrected chi connectivity index (χ3v) is 4.67. The summed E-state index contributed by atoms with van der Waals surface area (Å²) in [5, 5.41) is 12.0. The van der Waals surface area contributed by atoms with Crippen LogP contribution < -0.4 is 0 Å². The van der Waals surface area contributed by atoms with Crippen molar-refractivity contribution in [3.63, 3.8) is 0 Å². The molecule has 3 aromatic rings. The van der Waals surface area contributed by atoms with Gasteiger partial charge >= 0.3 is 5.97 Å². The molecule has 0 saturated heterocycles. The van der Waals surface area contributed by atoms with Crippen LogP contribution in [0.4, 0.5) is 0 Å². The van der Waals surface area contributed by atoms with Gasteiger partial charge in [-0.25, -0.2) is 9.78 Å². The summed E-state index contributed by atoms with van der Waals surface area (Å²) < 4.78 is 5.05. The number of aryl methyl sites for hydroxylation is 1. The van der Waals surface area contributed by atoms with E-state index in [1.807, 2.05) is 36.4 Å². The summed E-state index contributed by atoms with van der Waals surface area (Å²) in [4.78, 5) is 16.9. The Hall–Kier alpha value is -2.71. The van der Waals surface area contributed by atoms with Crippen molar-refractivity contribution in [2.75, 3.05) is 6.61 Å². The minimum atomic E-state index is -0.352. The molecule has 0 atom stereocenters. The van der Waals surface area contributed by atoms with Crippen LogP contribution in [0.5, 0.6) is 0 Å². The second-order valence-corrected chi connectivity index (χ2v) is 6.01. The number of fused-ring (bicyclic) bond motifs is 1. The van der Waals surface area contributed by atoms with Crippen LogP contribution in [0.25, 0.3) is 21.3 Å². The highest BCUT2D eigenvalue weighted by atomic mass is 32.1. The Balaban J connectivity index is 2.13. The van der Waals surface area contributed by atoms with Gasteiger partial charge in [-0.2, -0.15) is 5.26 Å². The normalized spacial score (nSPS) is 10.5. The van der Waals surface area contributed by atoms with Crippen molar-refractivity contribution >= 4 is 28.1 Å². The Labute approximate surface area is 138 Å². The number of carbonyl (C=O) groups excluding carboxylic acids is 1. The maximum Gasteiger partial charge on any atom is 0.350 e. The molecular weight excluding hydrogens is 308 g/mol. The van der Waals surface area contributed by atoms with Crippen LogP contribution in [0.3, 0.4) is 0 Å². The molecule has 3 rings (SSSR count). The molecule has 0 radical (unpaired) electrons. The molecule has 0 aliphatic carbocycles. The zero-order valence-electron chi connectivity index (χ0n) is 12.8. The molecule has 1 heterocycles. The summed E-state index contributed by atoms with van der Waals surface area (Å²) >= 11 is 1.29. The highest BCUT2D eigenvalue weighted by molar-refractivity contribution is 7.17. The van der Waals surface area contributed by atoms with E-state index < -0.39 is 0 Å². The number of benzene rings is 2. The highest BCUT2D eigenvalue weighted by Gasteiger charge is 2.18. The Morgan fingerprint density at radius 2 is 2.13 bits per heavy atom. The fourth-order valence-corrected chi connectivity index (χ4v) is 3.38. The lowest BCUT2D eigenvalue weighted by molar-refractivity contribution is 0.0531. The number of esters is 1. The molecule has 0 bridgehead atoms. The predicted molar refractivity (Wildman–Crippen MR) is 90.5 cm³/mol. The molecule has 5 heteroatoms. The molecule has 1 aromatic heterocycles. The average molecular weight is 322 g/mol. The third kappa shape index (κ3) is 2.81. The number of aromatic nitrogens is 1. The third-order valence-electron chi connectivity index (χ3n) is 3.49. The van der Waals surface area contributed by atoms with Crippen molar-refractivity contribution < 1.29 is 9.53 Å². The number of nitriles is 1. The predicted octanol–water partition coefficient (Wildman–Crippen LogP) is 4.32. The van der Waals surface area contributed by atoms with Gasteiger partial charge in [0.1, 0.15) is 9.88 Å². The average Bonchev–Trinajstić information content (AvgIpc) is 2.96. The summed E-state index contributed by atoms with van der Waals surface area (Å²) in [6.07, 6.45) is 0. The maximum atomic E-state index is 11.9. The van der Waals surface area contributed by atoms with Crippen LogP contribution in [0.15, 0.2) is 36.4 Å². The van der Waals surface area contributed by atoms with E-state index in [1.54, 1.807) is 13.8 Å². The lowest BCUT2D eigenvalue weighted by Crippen LogP contribution is -2.03. The van der Waals surface area contributed by atoms with Gasteiger partial charge in [0, 0.05) is 5.56 Å². The number of nitrogens with zero attached hydrogens (tertiary/aromatic N) is 2. The summed E-state index contributed by atoms with van der Waals surface area (Å²) in [6, 6.07) is 13.8. The molecule has 0 N–H and O–H groups in total. The summed E-state index contributed by atoms with van der Waals surface area (Å²) in [5.41, 5.74) is 2.09. The number of carbonyl (C=O) groups is 1. The zero-order valence-corrected chi connectivity index (χ0v) is 13.6. The van der Waals surface area contributed by atoms with Gasteiger partial charge in [-0.05, 0) is 36.8 Å². The van der Waals surface area contributed by atoms with Crippen LogP contribution in [0.1, 0.15) is 27.9 Å². The largest absolute Gasteiger partial charge is 0.462 e. The van der Waals surface area contributed by atoms with Crippen LogP contribution in [-0.2, 0) is 4.74 Å². The monoisotopic (exact) mass is 322 g/mol. The van der Waals surface area contributed by atoms with Gasteiger partial charge in [0.05, 0.1) is 23.9 Å². The molecule has 2 aromatic carbocycles. The van der Waals surface area contributed by atoms with Crippen molar-refractivity contribution in [1.82, 2.24) is 4.98 Å². The van der Waals surface area contributed by atoms with Gasteiger partial charge in [-0.15, -0.1) is 11.3 Å². The van der Waals surface area contributed by atoms with E-state index in [1.165, 1.54) is 11.3 Å². The Morgan fingerprint density at radius 3 is 2.87 bits per heavy atom. The minimum absolute atomic E-state index is 0.333. The Bertz CT molecular complexity index is 938. The summed E-state index contributed by atoms with van der Waals surface area (Å²) in [5.74, 6) is -0.352. The molecule has 114 valence electrons. The van der Waals surface area contributed by atoms with Gasteiger partial charge in [-0.1, -0.05) is 24.3 Å². The molecule has 4 nitrogen and oxygen atoms in total. The molecule has 0 spiro atoms. The molecule has 0 unspecified atom stereocenters. The first-order chi connectivity index (χ1) is 11.1. The molecule has 0 saturated carbocycles. The van der Waals surface area contributed by atoms with E-state index in [2.05, 4.69) is 11.1 Å². The van der Waals surface area contributed by atoms with Crippen LogP contribution in [0.2, 0.25) is 0 Å². The fourth-order valence-electron chi connectivity index (χ4n) is 2.43. The van der Waals surface area contributed by atoms with Gasteiger partial charge in [0.25, 0.3) is 0 Å². The second kappa shape index (κ2) is 6.19. The summed E-state index contributed by atoms with van der Waals surface area (Å²) in [7, 11) is 0. The molecule has 23 heavy (non-hydrogen) atoms. The van der Waals surface area contributed by atoms with E-state index in [4.69, 9.17) is 4.74 Å². The van der Waals surface area contributed by atoms with E-state index in [0.717, 1.165) is 16.3 Å². The lowest BCUT2D eigenvalue weighted by atomic mass is 10.0. The highest BCUT2D eigenvalue weighted by Crippen LogP contribution is 2.32. The molecule has 0 aliphatic heterocycles. The SMILES string of the molecule is CCOC(=O)c1sc(-c2cc(C#N)c3ccccc3c2)nc1C. The second-order valence-electron chi connectivity index (χ2n) is 5.01. The van der Waals surface area contributed by atoms with Gasteiger partial charge in [-0.3, -0.25) is 0 Å². The molecular formula is C18H14N2O2S. The van der Waals surface area contributed by atoms with E-state index >= 15 is 0 Å². The Kier molecular flexibility index (Phi) is 4.09. The van der Waals surface area contributed by atoms with Crippen molar-refractivity contribution in [1.29, 1.82) is 5.26 Å². The first-order valence-electron chi connectivity index (χ1n) is 7.22. The van der Waals surface area contributed by atoms with Crippen LogP contribution in [-0.4, -0.2) is 17.6 Å². The number of thiazole rings is 1. The molecule has 0 fully saturated rings. The van der Waals surface area contributed by atoms with Crippen molar-refractivity contribution in [2.45, 2.75) is 13.8 Å². The standard InChI is InChI=1S/C18H14N2O2S/c1-3-22-18(21)16-11(2)20-17(23-16)13-8-12-6-4-5-7-15(12)14(9-13)10-19/h4-9H,3H2,1-2H3. The van der Waals surface area contributed by atoms with Gasteiger partial charge in [0.15, 0.2) is 0 Å². The topological polar surface area (TPSA) is 63.0 Å². The van der Waals surface area contributed by atoms with Crippen molar-refractivity contribution in [3.8, 4) is 16.6 Å². The first-order valence-corrected chi connectivity index (χ1v) is 8.03. The van der Waals surface area contributed by atoms with Crippen molar-refractivity contribution in [3.05, 3.63) is 52.5 Å².